The van der Waals surface area contributed by atoms with Crippen molar-refractivity contribution in [2.24, 2.45) is 0 Å². The van der Waals surface area contributed by atoms with Crippen molar-refractivity contribution in [2.45, 2.75) is 69.6 Å². The highest BCUT2D eigenvalue weighted by molar-refractivity contribution is 8.51. The lowest BCUT2D eigenvalue weighted by molar-refractivity contribution is -0.00181. The van der Waals surface area contributed by atoms with Gasteiger partial charge in [0.05, 0.1) is 35.8 Å². The molecule has 0 amide bonds. The number of hydrogen-bond acceptors (Lipinski definition) is 4. The summed E-state index contributed by atoms with van der Waals surface area (Å²) >= 11 is 0. The van der Waals surface area contributed by atoms with E-state index in [1.807, 2.05) is 35.8 Å². The molecule has 2 aromatic rings. The van der Waals surface area contributed by atoms with Gasteiger partial charge >= 0.3 is 0 Å². The Morgan fingerprint density at radius 3 is 2.64 bits per heavy atom. The third-order valence-corrected chi connectivity index (χ3v) is 11.9. The molecule has 0 radical (unpaired) electrons. The van der Waals surface area contributed by atoms with Crippen LogP contribution in [0.1, 0.15) is 60.9 Å². The molecule has 2 fully saturated rings. The van der Waals surface area contributed by atoms with E-state index in [0.29, 0.717) is 6.61 Å². The van der Waals surface area contributed by atoms with Crippen LogP contribution in [0, 0.1) is 12.7 Å². The molecule has 1 aromatic heterocycles. The van der Waals surface area contributed by atoms with E-state index in [2.05, 4.69) is 4.72 Å². The molecule has 1 aromatic carbocycles. The Morgan fingerprint density at radius 1 is 1.15 bits per heavy atom. The zero-order valence-electron chi connectivity index (χ0n) is 19.0. The molecule has 8 heteroatoms. The van der Waals surface area contributed by atoms with E-state index in [1.165, 1.54) is 6.07 Å². The summed E-state index contributed by atoms with van der Waals surface area (Å²) in [5, 5.41) is 0. The summed E-state index contributed by atoms with van der Waals surface area (Å²) in [6.07, 6.45) is 7.49. The number of nitrogens with zero attached hydrogens (tertiary/aromatic N) is 1. The standard InChI is InChI=1S/C25H32FN2O3PS/c1-17-6-9-19-10-13-23(27-33(30)32-14-15-32)24(28(19)25(17)29)16-31-20-11-7-18(8-12-20)21-4-2-3-5-22(21)26/h2-6,9,18,20,23-24,27H,7-8,10-16H2,1H3. The van der Waals surface area contributed by atoms with E-state index in [1.54, 1.807) is 6.07 Å². The maximum atomic E-state index is 14.2. The Balaban J connectivity index is 1.27. The largest absolute Gasteiger partial charge is 0.596 e. The third-order valence-electron chi connectivity index (χ3n) is 7.31. The van der Waals surface area contributed by atoms with Gasteiger partial charge in [-0.1, -0.05) is 24.3 Å². The molecule has 0 bridgehead atoms. The summed E-state index contributed by atoms with van der Waals surface area (Å²) in [4.78, 5) is 13.1. The van der Waals surface area contributed by atoms with Crippen molar-refractivity contribution in [2.75, 3.05) is 18.9 Å². The van der Waals surface area contributed by atoms with E-state index in [0.717, 1.165) is 67.7 Å². The maximum absolute atomic E-state index is 14.2. The highest BCUT2D eigenvalue weighted by atomic mass is 32.8. The maximum Gasteiger partial charge on any atom is 0.254 e. The summed E-state index contributed by atoms with van der Waals surface area (Å²) in [7, 11) is -1.38. The van der Waals surface area contributed by atoms with E-state index >= 15 is 0 Å². The number of ether oxygens (including phenoxy) is 1. The van der Waals surface area contributed by atoms with E-state index in [-0.39, 0.29) is 42.6 Å². The lowest BCUT2D eigenvalue weighted by Gasteiger charge is -2.37. The van der Waals surface area contributed by atoms with Crippen LogP contribution < -0.4 is 10.3 Å². The number of rotatable bonds is 7. The number of aryl methyl sites for hydroxylation is 2. The number of fused-ring (bicyclic) bond motifs is 1. The Labute approximate surface area is 198 Å². The van der Waals surface area contributed by atoms with Crippen molar-refractivity contribution >= 4 is 18.1 Å². The van der Waals surface area contributed by atoms with Crippen molar-refractivity contribution in [1.29, 1.82) is 0 Å². The second kappa shape index (κ2) is 10.2. The number of benzene rings is 1. The van der Waals surface area contributed by atoms with Crippen LogP contribution >= 0.6 is 7.12 Å². The average Bonchev–Trinajstić information content (AvgIpc) is 3.67. The Hall–Kier alpha value is -1.24. The van der Waals surface area contributed by atoms with Crippen LogP contribution in [-0.4, -0.2) is 40.2 Å². The fraction of sp³-hybridized carbons (Fsp3) is 0.560. The fourth-order valence-electron chi connectivity index (χ4n) is 5.26. The second-order valence-corrected chi connectivity index (χ2v) is 14.7. The van der Waals surface area contributed by atoms with Crippen LogP contribution in [0.3, 0.4) is 0 Å². The van der Waals surface area contributed by atoms with Crippen molar-refractivity contribution in [3.8, 4) is 0 Å². The smallest absolute Gasteiger partial charge is 0.254 e. The predicted octanol–water partition coefficient (Wildman–Crippen LogP) is 4.56. The first-order valence-electron chi connectivity index (χ1n) is 12.0. The van der Waals surface area contributed by atoms with Crippen molar-refractivity contribution in [3.05, 3.63) is 69.4 Å². The minimum Gasteiger partial charge on any atom is -0.596 e. The highest BCUT2D eigenvalue weighted by Gasteiger charge is 2.41. The zero-order valence-corrected chi connectivity index (χ0v) is 20.8. The summed E-state index contributed by atoms with van der Waals surface area (Å²) in [5.74, 6) is 0.124. The van der Waals surface area contributed by atoms with E-state index in [9.17, 15) is 13.7 Å². The molecular formula is C25H32FN2O3PS. The second-order valence-electron chi connectivity index (χ2n) is 9.52. The van der Waals surface area contributed by atoms with Gasteiger partial charge in [-0.15, -0.1) is 4.72 Å². The molecule has 2 aliphatic heterocycles. The van der Waals surface area contributed by atoms with E-state index in [4.69, 9.17) is 4.74 Å². The molecule has 1 saturated carbocycles. The summed E-state index contributed by atoms with van der Waals surface area (Å²) < 4.78 is 38.5. The van der Waals surface area contributed by atoms with Gasteiger partial charge in [-0.2, -0.15) is 0 Å². The number of aromatic nitrogens is 1. The van der Waals surface area contributed by atoms with Gasteiger partial charge in [0, 0.05) is 23.6 Å². The van der Waals surface area contributed by atoms with Crippen LogP contribution in [0.15, 0.2) is 41.2 Å². The minimum absolute atomic E-state index is 0.0266. The molecule has 178 valence electrons. The van der Waals surface area contributed by atoms with Crippen molar-refractivity contribution in [1.82, 2.24) is 9.29 Å². The van der Waals surface area contributed by atoms with Crippen LogP contribution in [0.2, 0.25) is 0 Å². The van der Waals surface area contributed by atoms with Gasteiger partial charge in [0.15, 0.2) is 0 Å². The summed E-state index contributed by atoms with van der Waals surface area (Å²) in [5.41, 5.74) is 2.60. The zero-order chi connectivity index (χ0) is 22.9. The number of halogens is 1. The van der Waals surface area contributed by atoms with Crippen LogP contribution in [-0.2, 0) is 22.1 Å². The SMILES string of the molecule is Cc1ccc2n(c1=O)C(COC1CCC(c3ccccc3F)CC1)C(N[S+]([O-])P1CC1)CC2. The van der Waals surface area contributed by atoms with Crippen molar-refractivity contribution in [3.63, 3.8) is 0 Å². The topological polar surface area (TPSA) is 66.3 Å². The Bertz CT molecular complexity index is 1040. The molecule has 3 atom stereocenters. The third kappa shape index (κ3) is 5.23. The Kier molecular flexibility index (Phi) is 7.24. The fourth-order valence-corrected chi connectivity index (χ4v) is 9.18. The molecule has 1 aliphatic carbocycles. The van der Waals surface area contributed by atoms with Gasteiger partial charge in [-0.3, -0.25) is 4.79 Å². The Morgan fingerprint density at radius 2 is 1.91 bits per heavy atom. The van der Waals surface area contributed by atoms with Crippen LogP contribution in [0.4, 0.5) is 4.39 Å². The highest BCUT2D eigenvalue weighted by Crippen LogP contribution is 2.55. The first kappa shape index (κ1) is 23.5. The number of hydrogen-bond donors (Lipinski definition) is 1. The lowest BCUT2D eigenvalue weighted by Crippen LogP contribution is -2.49. The summed E-state index contributed by atoms with van der Waals surface area (Å²) in [6.45, 7) is 2.28. The van der Waals surface area contributed by atoms with Crippen LogP contribution in [0.25, 0.3) is 0 Å². The van der Waals surface area contributed by atoms with E-state index < -0.39 is 11.0 Å². The molecule has 3 aliphatic rings. The van der Waals surface area contributed by atoms with Crippen molar-refractivity contribution < 1.29 is 13.7 Å². The molecule has 1 saturated heterocycles. The molecule has 3 unspecified atom stereocenters. The first-order valence-corrected chi connectivity index (χ1v) is 15.5. The summed E-state index contributed by atoms with van der Waals surface area (Å²) in [6, 6.07) is 10.8. The van der Waals surface area contributed by atoms with Gasteiger partial charge in [-0.05, 0) is 69.1 Å². The van der Waals surface area contributed by atoms with Gasteiger partial charge < -0.3 is 13.9 Å². The predicted molar refractivity (Wildman–Crippen MR) is 132 cm³/mol. The van der Waals surface area contributed by atoms with Gasteiger partial charge in [-0.25, -0.2) is 4.39 Å². The number of nitrogens with one attached hydrogen (secondary N) is 1. The molecule has 3 heterocycles. The monoisotopic (exact) mass is 490 g/mol. The molecule has 5 nitrogen and oxygen atoms in total. The normalized spacial score (nSPS) is 28.3. The van der Waals surface area contributed by atoms with Gasteiger partial charge in [0.2, 0.25) is 0 Å². The van der Waals surface area contributed by atoms with Gasteiger partial charge in [0.25, 0.3) is 5.56 Å². The number of pyridine rings is 1. The molecule has 0 spiro atoms. The average molecular weight is 491 g/mol. The first-order chi connectivity index (χ1) is 16.0. The molecule has 5 rings (SSSR count). The van der Waals surface area contributed by atoms with Crippen LogP contribution in [0.5, 0.6) is 0 Å². The molecular weight excluding hydrogens is 458 g/mol. The minimum atomic E-state index is -0.996. The van der Waals surface area contributed by atoms with Gasteiger partial charge in [0.1, 0.15) is 12.9 Å². The lowest BCUT2D eigenvalue weighted by atomic mass is 9.82. The molecule has 1 N–H and O–H groups in total. The quantitative estimate of drug-likeness (QED) is 0.457. The molecule has 33 heavy (non-hydrogen) atoms.